The van der Waals surface area contributed by atoms with E-state index in [1.165, 1.54) is 0 Å². The second-order valence-electron chi connectivity index (χ2n) is 5.65. The van der Waals surface area contributed by atoms with Crippen molar-refractivity contribution in [3.63, 3.8) is 0 Å². The topological polar surface area (TPSA) is 74.2 Å². The number of benzene rings is 2. The normalized spacial score (nSPS) is 10.2. The summed E-state index contributed by atoms with van der Waals surface area (Å²) < 4.78 is 0. The Morgan fingerprint density at radius 3 is 2.48 bits per heavy atom. The van der Waals surface area contributed by atoms with Crippen LogP contribution in [0.1, 0.15) is 11.3 Å². The lowest BCUT2D eigenvalue weighted by atomic mass is 10.1. The monoisotopic (exact) mass is 333 g/mol. The third-order valence-electron chi connectivity index (χ3n) is 3.64. The van der Waals surface area contributed by atoms with Gasteiger partial charge in [-0.1, -0.05) is 18.2 Å². The zero-order valence-corrected chi connectivity index (χ0v) is 13.6. The number of aromatic hydroxyl groups is 1. The summed E-state index contributed by atoms with van der Waals surface area (Å²) in [6.07, 6.45) is 1.98. The van der Waals surface area contributed by atoms with Gasteiger partial charge in [0.1, 0.15) is 5.75 Å². The maximum Gasteiger partial charge on any atom is 0.228 e. The van der Waals surface area contributed by atoms with Crippen molar-refractivity contribution in [2.24, 2.45) is 0 Å². The number of nitrogens with zero attached hydrogens (tertiary/aromatic N) is 1. The number of phenols is 1. The maximum atomic E-state index is 12.1. The number of hydrogen-bond donors (Lipinski definition) is 3. The number of phenolic OH excluding ortho intramolecular Hbond substituents is 1. The van der Waals surface area contributed by atoms with Crippen molar-refractivity contribution in [1.29, 1.82) is 0 Å². The van der Waals surface area contributed by atoms with Crippen LogP contribution in [0.3, 0.4) is 0 Å². The Bertz CT molecular complexity index is 833. The molecule has 0 spiro atoms. The van der Waals surface area contributed by atoms with Gasteiger partial charge in [0.05, 0.1) is 18.7 Å². The van der Waals surface area contributed by atoms with Crippen LogP contribution in [-0.4, -0.2) is 16.0 Å². The average molecular weight is 333 g/mol. The number of rotatable bonds is 6. The number of carbonyl (C=O) groups is 1. The number of aromatic nitrogens is 1. The van der Waals surface area contributed by atoms with Crippen LogP contribution in [0.4, 0.5) is 11.4 Å². The first-order valence-corrected chi connectivity index (χ1v) is 8.01. The lowest BCUT2D eigenvalue weighted by Crippen LogP contribution is -2.14. The highest BCUT2D eigenvalue weighted by molar-refractivity contribution is 5.92. The van der Waals surface area contributed by atoms with Crippen LogP contribution in [0.15, 0.2) is 72.9 Å². The van der Waals surface area contributed by atoms with E-state index in [1.807, 2.05) is 48.5 Å². The zero-order valence-electron chi connectivity index (χ0n) is 13.6. The van der Waals surface area contributed by atoms with Gasteiger partial charge < -0.3 is 15.7 Å². The summed E-state index contributed by atoms with van der Waals surface area (Å²) in [6, 6.07) is 20.0. The number of anilines is 2. The summed E-state index contributed by atoms with van der Waals surface area (Å²) in [6.45, 7) is 0.643. The second kappa shape index (κ2) is 7.97. The molecule has 5 nitrogen and oxygen atoms in total. The van der Waals surface area contributed by atoms with E-state index < -0.39 is 0 Å². The van der Waals surface area contributed by atoms with E-state index in [0.717, 1.165) is 22.6 Å². The molecule has 3 rings (SSSR count). The van der Waals surface area contributed by atoms with Gasteiger partial charge in [-0.3, -0.25) is 9.78 Å². The molecule has 0 unspecified atom stereocenters. The van der Waals surface area contributed by atoms with E-state index in [0.29, 0.717) is 6.54 Å². The van der Waals surface area contributed by atoms with Gasteiger partial charge >= 0.3 is 0 Å². The van der Waals surface area contributed by atoms with E-state index in [-0.39, 0.29) is 18.1 Å². The number of pyridine rings is 1. The maximum absolute atomic E-state index is 12.1. The molecular formula is C20H19N3O2. The van der Waals surface area contributed by atoms with Gasteiger partial charge in [-0.2, -0.15) is 0 Å². The Hall–Kier alpha value is -3.34. The highest BCUT2D eigenvalue weighted by Gasteiger charge is 2.05. The number of carbonyl (C=O) groups excluding carboxylic acids is 1. The quantitative estimate of drug-likeness (QED) is 0.644. The van der Waals surface area contributed by atoms with E-state index in [4.69, 9.17) is 0 Å². The molecule has 1 heterocycles. The van der Waals surface area contributed by atoms with E-state index in [1.54, 1.807) is 24.4 Å². The SMILES string of the molecule is O=C(Cc1cccc(O)c1)Nc1ccc(NCc2ccccn2)cc1. The number of hydrogen-bond acceptors (Lipinski definition) is 4. The van der Waals surface area contributed by atoms with Gasteiger partial charge in [0, 0.05) is 17.6 Å². The lowest BCUT2D eigenvalue weighted by molar-refractivity contribution is -0.115. The Kier molecular flexibility index (Phi) is 5.26. The molecule has 5 heteroatoms. The van der Waals surface area contributed by atoms with E-state index in [9.17, 15) is 9.90 Å². The van der Waals surface area contributed by atoms with Crippen LogP contribution in [0, 0.1) is 0 Å². The Balaban J connectivity index is 1.52. The molecular weight excluding hydrogens is 314 g/mol. The second-order valence-corrected chi connectivity index (χ2v) is 5.65. The minimum Gasteiger partial charge on any atom is -0.508 e. The molecule has 3 N–H and O–H groups in total. The molecule has 3 aromatic rings. The van der Waals surface area contributed by atoms with Crippen LogP contribution in [-0.2, 0) is 17.8 Å². The van der Waals surface area contributed by atoms with Crippen LogP contribution >= 0.6 is 0 Å². The van der Waals surface area contributed by atoms with Crippen molar-refractivity contribution in [3.05, 3.63) is 84.2 Å². The summed E-state index contributed by atoms with van der Waals surface area (Å²) in [5.41, 5.74) is 3.42. The van der Waals surface area contributed by atoms with Crippen LogP contribution in [0.25, 0.3) is 0 Å². The van der Waals surface area contributed by atoms with Crippen molar-refractivity contribution in [2.75, 3.05) is 10.6 Å². The molecule has 0 radical (unpaired) electrons. The van der Waals surface area contributed by atoms with Crippen molar-refractivity contribution < 1.29 is 9.90 Å². The predicted molar refractivity (Wildman–Crippen MR) is 98.4 cm³/mol. The van der Waals surface area contributed by atoms with E-state index >= 15 is 0 Å². The largest absolute Gasteiger partial charge is 0.508 e. The first-order valence-electron chi connectivity index (χ1n) is 8.01. The summed E-state index contributed by atoms with van der Waals surface area (Å²) in [5, 5.41) is 15.6. The zero-order chi connectivity index (χ0) is 17.5. The minimum atomic E-state index is -0.125. The Morgan fingerprint density at radius 1 is 0.960 bits per heavy atom. The fourth-order valence-electron chi connectivity index (χ4n) is 2.42. The fourth-order valence-corrected chi connectivity index (χ4v) is 2.42. The van der Waals surface area contributed by atoms with Gasteiger partial charge in [-0.25, -0.2) is 0 Å². The average Bonchev–Trinajstić information content (AvgIpc) is 2.62. The molecule has 1 aromatic heterocycles. The van der Waals surface area contributed by atoms with Gasteiger partial charge in [0.15, 0.2) is 0 Å². The molecule has 0 aliphatic heterocycles. The standard InChI is InChI=1S/C20H19N3O2/c24-19-6-3-4-15(12-19)13-20(25)23-17-9-7-16(8-10-17)22-14-18-5-1-2-11-21-18/h1-12,22,24H,13-14H2,(H,23,25). The van der Waals surface area contributed by atoms with Gasteiger partial charge in [0.25, 0.3) is 0 Å². The molecule has 0 saturated carbocycles. The lowest BCUT2D eigenvalue weighted by Gasteiger charge is -2.09. The van der Waals surface area contributed by atoms with Crippen molar-refractivity contribution in [3.8, 4) is 5.75 Å². The number of nitrogens with one attached hydrogen (secondary N) is 2. The van der Waals surface area contributed by atoms with Gasteiger partial charge in [-0.15, -0.1) is 0 Å². The molecule has 126 valence electrons. The molecule has 0 fully saturated rings. The third kappa shape index (κ3) is 5.07. The van der Waals surface area contributed by atoms with Crippen molar-refractivity contribution in [1.82, 2.24) is 4.98 Å². The summed E-state index contributed by atoms with van der Waals surface area (Å²) >= 11 is 0. The van der Waals surface area contributed by atoms with Crippen molar-refractivity contribution in [2.45, 2.75) is 13.0 Å². The summed E-state index contributed by atoms with van der Waals surface area (Å²) in [5.74, 6) is 0.0356. The van der Waals surface area contributed by atoms with E-state index in [2.05, 4.69) is 15.6 Å². The smallest absolute Gasteiger partial charge is 0.228 e. The molecule has 0 atom stereocenters. The highest BCUT2D eigenvalue weighted by atomic mass is 16.3. The number of amides is 1. The summed E-state index contributed by atoms with van der Waals surface area (Å²) in [7, 11) is 0. The first-order chi connectivity index (χ1) is 12.2. The molecule has 0 aliphatic rings. The first kappa shape index (κ1) is 16.5. The Morgan fingerprint density at radius 2 is 1.76 bits per heavy atom. The van der Waals surface area contributed by atoms with Crippen molar-refractivity contribution >= 4 is 17.3 Å². The van der Waals surface area contributed by atoms with Crippen LogP contribution in [0.5, 0.6) is 5.75 Å². The molecule has 0 aliphatic carbocycles. The molecule has 25 heavy (non-hydrogen) atoms. The predicted octanol–water partition coefficient (Wildman–Crippen LogP) is 3.58. The van der Waals surface area contributed by atoms with Gasteiger partial charge in [-0.05, 0) is 54.1 Å². The van der Waals surface area contributed by atoms with Gasteiger partial charge in [0.2, 0.25) is 5.91 Å². The fraction of sp³-hybridized carbons (Fsp3) is 0.100. The molecule has 1 amide bonds. The molecule has 0 bridgehead atoms. The highest BCUT2D eigenvalue weighted by Crippen LogP contribution is 2.16. The molecule has 2 aromatic carbocycles. The minimum absolute atomic E-state index is 0.125. The van der Waals surface area contributed by atoms with Crippen LogP contribution < -0.4 is 10.6 Å². The van der Waals surface area contributed by atoms with Crippen LogP contribution in [0.2, 0.25) is 0 Å². The Labute approximate surface area is 146 Å². The molecule has 0 saturated heterocycles. The third-order valence-corrected chi connectivity index (χ3v) is 3.64. The summed E-state index contributed by atoms with van der Waals surface area (Å²) in [4.78, 5) is 16.3.